The number of carbonyl (C=O) groups excluding carboxylic acids is 1. The van der Waals surface area contributed by atoms with Crippen molar-refractivity contribution in [2.45, 2.75) is 6.61 Å². The highest BCUT2D eigenvalue weighted by Crippen LogP contribution is 2.25. The van der Waals surface area contributed by atoms with Gasteiger partial charge < -0.3 is 15.0 Å². The van der Waals surface area contributed by atoms with E-state index in [0.29, 0.717) is 11.4 Å². The first-order chi connectivity index (χ1) is 12.8. The molecule has 0 radical (unpaired) electrons. The minimum Gasteiger partial charge on any atom is -0.435 e. The lowest BCUT2D eigenvalue weighted by Crippen LogP contribution is -2.30. The van der Waals surface area contributed by atoms with Crippen LogP contribution in [-0.4, -0.2) is 31.7 Å². The Morgan fingerprint density at radius 1 is 1.11 bits per heavy atom. The maximum Gasteiger partial charge on any atom is 0.387 e. The number of ether oxygens (including phenoxy) is 1. The van der Waals surface area contributed by atoms with Gasteiger partial charge >= 0.3 is 6.61 Å². The van der Waals surface area contributed by atoms with Gasteiger partial charge in [0.1, 0.15) is 11.4 Å². The van der Waals surface area contributed by atoms with Crippen molar-refractivity contribution in [1.29, 1.82) is 0 Å². The van der Waals surface area contributed by atoms with E-state index >= 15 is 0 Å². The zero-order chi connectivity index (χ0) is 19.6. The normalized spacial score (nSPS) is 15.4. The molecule has 3 rings (SSSR count). The fraction of sp³-hybridized carbons (Fsp3) is 0.158. The third-order valence-corrected chi connectivity index (χ3v) is 4.20. The number of benzene rings is 2. The van der Waals surface area contributed by atoms with E-state index < -0.39 is 6.61 Å². The molecule has 1 heterocycles. The van der Waals surface area contributed by atoms with E-state index in [1.165, 1.54) is 29.2 Å². The van der Waals surface area contributed by atoms with E-state index in [0.717, 1.165) is 11.3 Å². The second-order valence-corrected chi connectivity index (χ2v) is 6.37. The number of alkyl halides is 2. The van der Waals surface area contributed by atoms with Gasteiger partial charge in [-0.25, -0.2) is 0 Å². The monoisotopic (exact) mass is 389 g/mol. The summed E-state index contributed by atoms with van der Waals surface area (Å²) in [7, 11) is 3.90. The SMILES string of the molecule is CN(C)c1ccc(/C=C2\NC(=S)N(c3ccc(OC(F)F)cc3)C2=O)cc1. The van der Waals surface area contributed by atoms with Crippen molar-refractivity contribution in [3.8, 4) is 5.75 Å². The Morgan fingerprint density at radius 3 is 2.30 bits per heavy atom. The van der Waals surface area contributed by atoms with Crippen molar-refractivity contribution in [1.82, 2.24) is 5.32 Å². The van der Waals surface area contributed by atoms with Gasteiger partial charge in [-0.2, -0.15) is 8.78 Å². The number of rotatable bonds is 5. The Hall–Kier alpha value is -3.00. The summed E-state index contributed by atoms with van der Waals surface area (Å²) in [6.45, 7) is -2.90. The van der Waals surface area contributed by atoms with Crippen molar-refractivity contribution in [3.63, 3.8) is 0 Å². The highest BCUT2D eigenvalue weighted by molar-refractivity contribution is 7.80. The van der Waals surface area contributed by atoms with Crippen LogP contribution in [0.3, 0.4) is 0 Å². The number of halogens is 2. The summed E-state index contributed by atoms with van der Waals surface area (Å²) in [4.78, 5) is 16.0. The van der Waals surface area contributed by atoms with Gasteiger partial charge in [0, 0.05) is 19.8 Å². The first kappa shape index (κ1) is 18.8. The molecule has 0 bridgehead atoms. The fourth-order valence-corrected chi connectivity index (χ4v) is 2.88. The highest BCUT2D eigenvalue weighted by atomic mass is 32.1. The van der Waals surface area contributed by atoms with Crippen LogP contribution in [0.1, 0.15) is 5.56 Å². The van der Waals surface area contributed by atoms with Crippen LogP contribution in [0.25, 0.3) is 6.08 Å². The van der Waals surface area contributed by atoms with E-state index in [1.54, 1.807) is 6.08 Å². The van der Waals surface area contributed by atoms with Crippen molar-refractivity contribution >= 4 is 40.7 Å². The van der Waals surface area contributed by atoms with Crippen molar-refractivity contribution in [2.24, 2.45) is 0 Å². The molecule has 1 aliphatic rings. The number of carbonyl (C=O) groups is 1. The summed E-state index contributed by atoms with van der Waals surface area (Å²) < 4.78 is 28.8. The molecular weight excluding hydrogens is 372 g/mol. The molecule has 0 saturated carbocycles. The first-order valence-electron chi connectivity index (χ1n) is 8.04. The molecule has 1 fully saturated rings. The zero-order valence-corrected chi connectivity index (χ0v) is 15.5. The van der Waals surface area contributed by atoms with Crippen LogP contribution >= 0.6 is 12.2 Å². The molecule has 27 heavy (non-hydrogen) atoms. The largest absolute Gasteiger partial charge is 0.435 e. The standard InChI is InChI=1S/C19H17F2N3O2S/c1-23(2)13-5-3-12(4-6-13)11-16-17(25)24(19(27)22-16)14-7-9-15(10-8-14)26-18(20)21/h3-11,18H,1-2H3,(H,22,27)/b16-11-. The first-order valence-corrected chi connectivity index (χ1v) is 8.45. The Morgan fingerprint density at radius 2 is 1.74 bits per heavy atom. The van der Waals surface area contributed by atoms with Crippen molar-refractivity contribution in [2.75, 3.05) is 23.9 Å². The third-order valence-electron chi connectivity index (χ3n) is 3.92. The summed E-state index contributed by atoms with van der Waals surface area (Å²) in [5, 5.41) is 3.11. The lowest BCUT2D eigenvalue weighted by atomic mass is 10.1. The molecule has 1 N–H and O–H groups in total. The van der Waals surface area contributed by atoms with Crippen LogP contribution in [0.4, 0.5) is 20.2 Å². The minimum atomic E-state index is -2.90. The van der Waals surface area contributed by atoms with E-state index in [1.807, 2.05) is 43.3 Å². The Labute approximate surface area is 160 Å². The number of thiocarbonyl (C=S) groups is 1. The van der Waals surface area contributed by atoms with Gasteiger partial charge in [0.05, 0.1) is 5.69 Å². The van der Waals surface area contributed by atoms with Crippen molar-refractivity contribution < 1.29 is 18.3 Å². The molecule has 8 heteroatoms. The van der Waals surface area contributed by atoms with Crippen LogP contribution in [0.15, 0.2) is 54.2 Å². The fourth-order valence-electron chi connectivity index (χ4n) is 2.58. The van der Waals surface area contributed by atoms with Gasteiger partial charge in [-0.3, -0.25) is 9.69 Å². The van der Waals surface area contributed by atoms with Crippen LogP contribution in [0.2, 0.25) is 0 Å². The number of amides is 1. The Balaban J connectivity index is 1.80. The van der Waals surface area contributed by atoms with Crippen LogP contribution in [0.5, 0.6) is 5.75 Å². The average molecular weight is 389 g/mol. The van der Waals surface area contributed by atoms with Gasteiger partial charge in [0.25, 0.3) is 5.91 Å². The van der Waals surface area contributed by atoms with E-state index in [-0.39, 0.29) is 16.8 Å². The predicted molar refractivity (Wildman–Crippen MR) is 105 cm³/mol. The molecule has 0 unspecified atom stereocenters. The number of hydrogen-bond acceptors (Lipinski definition) is 4. The third kappa shape index (κ3) is 4.22. The molecule has 0 atom stereocenters. The van der Waals surface area contributed by atoms with Gasteiger partial charge in [-0.05, 0) is 60.3 Å². The van der Waals surface area contributed by atoms with Gasteiger partial charge in [0.2, 0.25) is 0 Å². The molecule has 5 nitrogen and oxygen atoms in total. The summed E-state index contributed by atoms with van der Waals surface area (Å²) in [5.41, 5.74) is 2.70. The Bertz CT molecular complexity index is 881. The molecule has 1 aliphatic heterocycles. The molecule has 1 saturated heterocycles. The van der Waals surface area contributed by atoms with Crippen molar-refractivity contribution in [3.05, 3.63) is 59.8 Å². The van der Waals surface area contributed by atoms with E-state index in [2.05, 4.69) is 10.1 Å². The van der Waals surface area contributed by atoms with Crippen LogP contribution in [0, 0.1) is 0 Å². The van der Waals surface area contributed by atoms with Crippen LogP contribution < -0.4 is 19.9 Å². The predicted octanol–water partition coefficient (Wildman–Crippen LogP) is 3.62. The quantitative estimate of drug-likeness (QED) is 0.625. The number of nitrogens with zero attached hydrogens (tertiary/aromatic N) is 2. The second-order valence-electron chi connectivity index (χ2n) is 5.99. The number of anilines is 2. The average Bonchev–Trinajstić information content (AvgIpc) is 2.89. The lowest BCUT2D eigenvalue weighted by molar-refractivity contribution is -0.113. The minimum absolute atomic E-state index is 0.0102. The molecule has 0 spiro atoms. The molecule has 2 aromatic rings. The van der Waals surface area contributed by atoms with Gasteiger partial charge in [0.15, 0.2) is 5.11 Å². The zero-order valence-electron chi connectivity index (χ0n) is 14.6. The molecule has 2 aromatic carbocycles. The molecular formula is C19H17F2N3O2S. The summed E-state index contributed by atoms with van der Waals surface area (Å²) >= 11 is 5.25. The van der Waals surface area contributed by atoms with E-state index in [9.17, 15) is 13.6 Å². The molecule has 140 valence electrons. The summed E-state index contributed by atoms with van der Waals surface area (Å²) in [6, 6.07) is 13.4. The highest BCUT2D eigenvalue weighted by Gasteiger charge is 2.31. The molecule has 0 aliphatic carbocycles. The Kier molecular flexibility index (Phi) is 5.36. The van der Waals surface area contributed by atoms with Gasteiger partial charge in [-0.1, -0.05) is 12.1 Å². The maximum absolute atomic E-state index is 12.7. The molecule has 0 aromatic heterocycles. The summed E-state index contributed by atoms with van der Waals surface area (Å²) in [6.07, 6.45) is 1.71. The van der Waals surface area contributed by atoms with E-state index in [4.69, 9.17) is 12.2 Å². The maximum atomic E-state index is 12.7. The van der Waals surface area contributed by atoms with Crippen LogP contribution in [-0.2, 0) is 4.79 Å². The number of hydrogen-bond donors (Lipinski definition) is 1. The summed E-state index contributed by atoms with van der Waals surface area (Å²) in [5.74, 6) is -0.310. The number of nitrogens with one attached hydrogen (secondary N) is 1. The molecule has 1 amide bonds. The lowest BCUT2D eigenvalue weighted by Gasteiger charge is -2.14. The second kappa shape index (κ2) is 7.71. The van der Waals surface area contributed by atoms with Gasteiger partial charge in [-0.15, -0.1) is 0 Å². The smallest absolute Gasteiger partial charge is 0.387 e. The topological polar surface area (TPSA) is 44.8 Å².